The van der Waals surface area contributed by atoms with E-state index in [0.717, 1.165) is 5.56 Å². The second kappa shape index (κ2) is 5.18. The minimum atomic E-state index is -0.963. The van der Waals surface area contributed by atoms with Crippen molar-refractivity contribution in [2.24, 2.45) is 5.92 Å². The third-order valence-electron chi connectivity index (χ3n) is 3.30. The maximum absolute atomic E-state index is 11.0. The molecule has 0 radical (unpaired) electrons. The van der Waals surface area contributed by atoms with Crippen molar-refractivity contribution < 1.29 is 19.8 Å². The van der Waals surface area contributed by atoms with E-state index >= 15 is 0 Å². The zero-order valence-electron chi connectivity index (χ0n) is 9.80. The Morgan fingerprint density at radius 3 is 2.67 bits per heavy atom. The summed E-state index contributed by atoms with van der Waals surface area (Å²) in [7, 11) is 0. The summed E-state index contributed by atoms with van der Waals surface area (Å²) < 4.78 is 0. The topological polar surface area (TPSA) is 86.6 Å². The number of benzene rings is 1. The summed E-state index contributed by atoms with van der Waals surface area (Å²) in [5, 5.41) is 21.0. The van der Waals surface area contributed by atoms with Crippen molar-refractivity contribution in [3.8, 4) is 0 Å². The molecule has 0 amide bonds. The number of aromatic carboxylic acids is 1. The average molecular weight is 249 g/mol. The maximum Gasteiger partial charge on any atom is 0.335 e. The Kier molecular flexibility index (Phi) is 3.62. The van der Waals surface area contributed by atoms with Gasteiger partial charge in [0.2, 0.25) is 0 Å². The molecule has 18 heavy (non-hydrogen) atoms. The molecule has 0 bridgehead atoms. The van der Waals surface area contributed by atoms with Crippen LogP contribution in [0.4, 0.5) is 0 Å². The number of nitrogens with one attached hydrogen (secondary N) is 1. The van der Waals surface area contributed by atoms with E-state index in [0.29, 0.717) is 19.5 Å². The normalized spacial score (nSPS) is 23.6. The number of carbonyl (C=O) groups is 2. The lowest BCUT2D eigenvalue weighted by molar-refractivity contribution is -0.142. The average Bonchev–Trinajstić information content (AvgIpc) is 2.39. The highest BCUT2D eigenvalue weighted by molar-refractivity contribution is 5.87. The zero-order chi connectivity index (χ0) is 13.1. The third-order valence-corrected chi connectivity index (χ3v) is 3.30. The summed E-state index contributed by atoms with van der Waals surface area (Å²) in [5.41, 5.74) is 1.12. The number of piperidine rings is 1. The van der Waals surface area contributed by atoms with Gasteiger partial charge >= 0.3 is 11.9 Å². The number of hydrogen-bond acceptors (Lipinski definition) is 3. The van der Waals surface area contributed by atoms with Crippen molar-refractivity contribution in [1.82, 2.24) is 5.32 Å². The van der Waals surface area contributed by atoms with Crippen molar-refractivity contribution in [2.45, 2.75) is 12.3 Å². The standard InChI is InChI=1S/C13H15NO4/c15-12(16)9-3-1-2-8(4-9)10-5-11(13(17)18)7-14-6-10/h1-4,10-11,14H,5-7H2,(H,15,16)(H,17,18). The van der Waals surface area contributed by atoms with Crippen molar-refractivity contribution in [3.63, 3.8) is 0 Å². The van der Waals surface area contributed by atoms with Crippen LogP contribution < -0.4 is 5.32 Å². The smallest absolute Gasteiger partial charge is 0.335 e. The first-order valence-corrected chi connectivity index (χ1v) is 5.84. The van der Waals surface area contributed by atoms with E-state index in [1.54, 1.807) is 12.1 Å². The summed E-state index contributed by atoms with van der Waals surface area (Å²) in [6.45, 7) is 1.16. The highest BCUT2D eigenvalue weighted by Crippen LogP contribution is 2.27. The van der Waals surface area contributed by atoms with Crippen LogP contribution in [0.5, 0.6) is 0 Å². The quantitative estimate of drug-likeness (QED) is 0.748. The van der Waals surface area contributed by atoms with Gasteiger partial charge in [-0.1, -0.05) is 12.1 Å². The lowest BCUT2D eigenvalue weighted by Crippen LogP contribution is -2.38. The van der Waals surface area contributed by atoms with Crippen molar-refractivity contribution in [2.75, 3.05) is 13.1 Å². The van der Waals surface area contributed by atoms with Crippen LogP contribution in [0.3, 0.4) is 0 Å². The summed E-state index contributed by atoms with van der Waals surface area (Å²) in [6, 6.07) is 6.71. The lowest BCUT2D eigenvalue weighted by atomic mass is 9.85. The van der Waals surface area contributed by atoms with E-state index in [1.165, 1.54) is 6.07 Å². The monoisotopic (exact) mass is 249 g/mol. The molecular formula is C13H15NO4. The zero-order valence-corrected chi connectivity index (χ0v) is 9.80. The van der Waals surface area contributed by atoms with Gasteiger partial charge in [-0.15, -0.1) is 0 Å². The second-order valence-electron chi connectivity index (χ2n) is 4.56. The Bertz CT molecular complexity index is 472. The van der Waals surface area contributed by atoms with Gasteiger partial charge in [-0.3, -0.25) is 4.79 Å². The number of aliphatic carboxylic acids is 1. The molecule has 2 rings (SSSR count). The van der Waals surface area contributed by atoms with Crippen LogP contribution in [0.15, 0.2) is 24.3 Å². The van der Waals surface area contributed by atoms with Crippen LogP contribution in [-0.2, 0) is 4.79 Å². The molecule has 0 aliphatic carbocycles. The summed E-state index contributed by atoms with van der Waals surface area (Å²) in [6.07, 6.45) is 0.547. The Morgan fingerprint density at radius 2 is 2.00 bits per heavy atom. The maximum atomic E-state index is 11.0. The molecule has 1 aromatic rings. The van der Waals surface area contributed by atoms with E-state index < -0.39 is 17.9 Å². The van der Waals surface area contributed by atoms with E-state index in [4.69, 9.17) is 10.2 Å². The van der Waals surface area contributed by atoms with Crippen molar-refractivity contribution in [1.29, 1.82) is 0 Å². The molecule has 1 fully saturated rings. The Balaban J connectivity index is 2.18. The van der Waals surface area contributed by atoms with Gasteiger partial charge in [0.15, 0.2) is 0 Å². The van der Waals surface area contributed by atoms with Gasteiger partial charge in [0.25, 0.3) is 0 Å². The Morgan fingerprint density at radius 1 is 1.22 bits per heavy atom. The van der Waals surface area contributed by atoms with Crippen LogP contribution in [-0.4, -0.2) is 35.2 Å². The molecule has 0 spiro atoms. The fraction of sp³-hybridized carbons (Fsp3) is 0.385. The minimum absolute atomic E-state index is 0.0548. The predicted molar refractivity (Wildman–Crippen MR) is 64.8 cm³/mol. The first-order chi connectivity index (χ1) is 8.58. The van der Waals surface area contributed by atoms with Gasteiger partial charge in [-0.2, -0.15) is 0 Å². The van der Waals surface area contributed by atoms with Crippen molar-refractivity contribution in [3.05, 3.63) is 35.4 Å². The highest BCUT2D eigenvalue weighted by atomic mass is 16.4. The highest BCUT2D eigenvalue weighted by Gasteiger charge is 2.27. The van der Waals surface area contributed by atoms with Gasteiger partial charge < -0.3 is 15.5 Å². The second-order valence-corrected chi connectivity index (χ2v) is 4.56. The van der Waals surface area contributed by atoms with E-state index in [1.807, 2.05) is 6.07 Å². The molecule has 5 nitrogen and oxygen atoms in total. The molecule has 3 N–H and O–H groups in total. The predicted octanol–water partition coefficient (Wildman–Crippen LogP) is 1.16. The molecule has 1 heterocycles. The molecule has 1 aliphatic rings. The first-order valence-electron chi connectivity index (χ1n) is 5.84. The molecule has 96 valence electrons. The van der Waals surface area contributed by atoms with Gasteiger partial charge in [-0.25, -0.2) is 4.79 Å². The SMILES string of the molecule is O=C(O)c1cccc(C2CNCC(C(=O)O)C2)c1. The third kappa shape index (κ3) is 2.68. The van der Waals surface area contributed by atoms with Gasteiger partial charge in [0.1, 0.15) is 0 Å². The fourth-order valence-electron chi connectivity index (χ4n) is 2.31. The van der Waals surface area contributed by atoms with Crippen molar-refractivity contribution >= 4 is 11.9 Å². The molecule has 0 saturated carbocycles. The molecule has 2 atom stereocenters. The van der Waals surface area contributed by atoms with Crippen LogP contribution in [0, 0.1) is 5.92 Å². The minimum Gasteiger partial charge on any atom is -0.481 e. The molecule has 1 aliphatic heterocycles. The molecular weight excluding hydrogens is 234 g/mol. The van der Waals surface area contributed by atoms with Crippen LogP contribution in [0.1, 0.15) is 28.3 Å². The van der Waals surface area contributed by atoms with E-state index in [9.17, 15) is 9.59 Å². The number of hydrogen-bond donors (Lipinski definition) is 3. The van der Waals surface area contributed by atoms with Crippen LogP contribution in [0.2, 0.25) is 0 Å². The van der Waals surface area contributed by atoms with E-state index in [-0.39, 0.29) is 11.5 Å². The lowest BCUT2D eigenvalue weighted by Gasteiger charge is -2.28. The summed E-state index contributed by atoms with van der Waals surface area (Å²) in [4.78, 5) is 21.9. The number of carboxylic acids is 2. The Hall–Kier alpha value is -1.88. The molecule has 5 heteroatoms. The number of rotatable bonds is 3. The summed E-state index contributed by atoms with van der Waals surface area (Å²) in [5.74, 6) is -2.12. The largest absolute Gasteiger partial charge is 0.481 e. The summed E-state index contributed by atoms with van der Waals surface area (Å²) >= 11 is 0. The molecule has 1 saturated heterocycles. The first kappa shape index (κ1) is 12.6. The van der Waals surface area contributed by atoms with Gasteiger partial charge in [0.05, 0.1) is 11.5 Å². The number of carboxylic acid groups (broad SMARTS) is 2. The van der Waals surface area contributed by atoms with Gasteiger partial charge in [0, 0.05) is 13.1 Å². The Labute approximate surface area is 104 Å². The van der Waals surface area contributed by atoms with Gasteiger partial charge in [-0.05, 0) is 30.0 Å². The molecule has 0 aromatic heterocycles. The fourth-order valence-corrected chi connectivity index (χ4v) is 2.31. The van der Waals surface area contributed by atoms with Crippen LogP contribution >= 0.6 is 0 Å². The molecule has 1 aromatic carbocycles. The molecule has 2 unspecified atom stereocenters. The van der Waals surface area contributed by atoms with E-state index in [2.05, 4.69) is 5.32 Å². The van der Waals surface area contributed by atoms with Crippen LogP contribution in [0.25, 0.3) is 0 Å².